The lowest BCUT2D eigenvalue weighted by molar-refractivity contribution is -0.148. The average Bonchev–Trinajstić information content (AvgIpc) is 2.79. The van der Waals surface area contributed by atoms with Crippen molar-refractivity contribution in [2.24, 2.45) is 22.7 Å². The summed E-state index contributed by atoms with van der Waals surface area (Å²) in [4.78, 5) is 11.9. The van der Waals surface area contributed by atoms with Gasteiger partial charge in [-0.2, -0.15) is 0 Å². The highest BCUT2D eigenvalue weighted by atomic mass is 16.1. The number of rotatable bonds is 1. The van der Waals surface area contributed by atoms with Crippen molar-refractivity contribution in [3.63, 3.8) is 0 Å². The van der Waals surface area contributed by atoms with Crippen LogP contribution in [-0.4, -0.2) is 5.78 Å². The summed E-state index contributed by atoms with van der Waals surface area (Å²) in [5, 5.41) is 0. The third kappa shape index (κ3) is 0.609. The zero-order chi connectivity index (χ0) is 9.27. The van der Waals surface area contributed by atoms with Crippen LogP contribution in [0.25, 0.3) is 0 Å². The largest absolute Gasteiger partial charge is 0.298 e. The molecule has 3 aliphatic rings. The molecule has 0 saturated heterocycles. The van der Waals surface area contributed by atoms with Crippen LogP contribution in [0.2, 0.25) is 0 Å². The maximum absolute atomic E-state index is 11.9. The standard InChI is InChI=1S/C12H14O/c1-3-11(2)8-4-5-12(6-7-12)9(8)10(11)13/h3-5,8-9H,1,6-7H2,2H3. The van der Waals surface area contributed by atoms with Crippen molar-refractivity contribution < 1.29 is 4.79 Å². The van der Waals surface area contributed by atoms with Crippen molar-refractivity contribution in [2.45, 2.75) is 19.8 Å². The number of ketones is 1. The van der Waals surface area contributed by atoms with Crippen molar-refractivity contribution in [1.29, 1.82) is 0 Å². The van der Waals surface area contributed by atoms with Crippen molar-refractivity contribution in [1.82, 2.24) is 0 Å². The Bertz CT molecular complexity index is 335. The first-order chi connectivity index (χ1) is 6.14. The smallest absolute Gasteiger partial charge is 0.147 e. The summed E-state index contributed by atoms with van der Waals surface area (Å²) < 4.78 is 0. The first-order valence-electron chi connectivity index (χ1n) is 5.01. The van der Waals surface area contributed by atoms with Crippen LogP contribution in [0.1, 0.15) is 19.8 Å². The lowest BCUT2D eigenvalue weighted by Gasteiger charge is -2.48. The molecule has 3 aliphatic carbocycles. The molecule has 0 aliphatic heterocycles. The first kappa shape index (κ1) is 7.54. The number of hydrogen-bond acceptors (Lipinski definition) is 1. The molecule has 0 radical (unpaired) electrons. The zero-order valence-corrected chi connectivity index (χ0v) is 7.92. The Hall–Kier alpha value is -0.850. The monoisotopic (exact) mass is 174 g/mol. The van der Waals surface area contributed by atoms with E-state index in [1.54, 1.807) is 0 Å². The van der Waals surface area contributed by atoms with Gasteiger partial charge in [0.15, 0.2) is 0 Å². The van der Waals surface area contributed by atoms with Crippen LogP contribution in [0.15, 0.2) is 24.8 Å². The van der Waals surface area contributed by atoms with Crippen molar-refractivity contribution >= 4 is 5.78 Å². The maximum Gasteiger partial charge on any atom is 0.147 e. The molecule has 3 rings (SSSR count). The fourth-order valence-corrected chi connectivity index (χ4v) is 3.10. The molecule has 13 heavy (non-hydrogen) atoms. The molecule has 0 heterocycles. The Labute approximate surface area is 78.5 Å². The van der Waals surface area contributed by atoms with Gasteiger partial charge in [-0.05, 0) is 25.2 Å². The molecule has 68 valence electrons. The molecule has 3 atom stereocenters. The van der Waals surface area contributed by atoms with Gasteiger partial charge in [-0.3, -0.25) is 4.79 Å². The summed E-state index contributed by atoms with van der Waals surface area (Å²) >= 11 is 0. The molecule has 0 aromatic heterocycles. The molecular weight excluding hydrogens is 160 g/mol. The number of allylic oxidation sites excluding steroid dienone is 3. The fraction of sp³-hybridized carbons (Fsp3) is 0.583. The second-order valence-electron chi connectivity index (χ2n) is 4.95. The van der Waals surface area contributed by atoms with E-state index in [1.165, 1.54) is 12.8 Å². The Morgan fingerprint density at radius 2 is 2.31 bits per heavy atom. The van der Waals surface area contributed by atoms with Crippen molar-refractivity contribution in [3.05, 3.63) is 24.8 Å². The van der Waals surface area contributed by atoms with E-state index in [9.17, 15) is 4.79 Å². The third-order valence-electron chi connectivity index (χ3n) is 4.37. The molecule has 0 amide bonds. The predicted octanol–water partition coefficient (Wildman–Crippen LogP) is 2.34. The maximum atomic E-state index is 11.9. The molecule has 0 N–H and O–H groups in total. The lowest BCUT2D eigenvalue weighted by atomic mass is 9.52. The van der Waals surface area contributed by atoms with Crippen LogP contribution in [0.5, 0.6) is 0 Å². The van der Waals surface area contributed by atoms with E-state index in [4.69, 9.17) is 0 Å². The van der Waals surface area contributed by atoms with Gasteiger partial charge in [-0.25, -0.2) is 0 Å². The SMILES string of the molecule is C=CC1(C)C(=O)C2C1C=CC21CC1. The van der Waals surface area contributed by atoms with Gasteiger partial charge in [-0.15, -0.1) is 6.58 Å². The molecule has 2 saturated carbocycles. The van der Waals surface area contributed by atoms with Gasteiger partial charge < -0.3 is 0 Å². The Kier molecular flexibility index (Phi) is 1.05. The predicted molar refractivity (Wildman–Crippen MR) is 51.1 cm³/mol. The van der Waals surface area contributed by atoms with Gasteiger partial charge in [-0.1, -0.05) is 18.2 Å². The van der Waals surface area contributed by atoms with Crippen LogP contribution in [-0.2, 0) is 4.79 Å². The Morgan fingerprint density at radius 3 is 2.85 bits per heavy atom. The van der Waals surface area contributed by atoms with E-state index < -0.39 is 0 Å². The Morgan fingerprint density at radius 1 is 1.62 bits per heavy atom. The summed E-state index contributed by atoms with van der Waals surface area (Å²) in [6, 6.07) is 0. The third-order valence-corrected chi connectivity index (χ3v) is 4.37. The number of carbonyl (C=O) groups is 1. The van der Waals surface area contributed by atoms with Crippen LogP contribution < -0.4 is 0 Å². The summed E-state index contributed by atoms with van der Waals surface area (Å²) in [6.07, 6.45) is 8.82. The first-order valence-corrected chi connectivity index (χ1v) is 5.01. The summed E-state index contributed by atoms with van der Waals surface area (Å²) in [5.74, 6) is 1.20. The number of fused-ring (bicyclic) bond motifs is 2. The number of Topliss-reactive ketones (excluding diaryl/α,β-unsaturated/α-hetero) is 1. The van der Waals surface area contributed by atoms with E-state index in [0.717, 1.165) is 0 Å². The minimum Gasteiger partial charge on any atom is -0.298 e. The summed E-state index contributed by atoms with van der Waals surface area (Å²) in [7, 11) is 0. The van der Waals surface area contributed by atoms with Crippen LogP contribution >= 0.6 is 0 Å². The van der Waals surface area contributed by atoms with Crippen molar-refractivity contribution in [3.8, 4) is 0 Å². The van der Waals surface area contributed by atoms with Gasteiger partial charge in [0.1, 0.15) is 5.78 Å². The second kappa shape index (κ2) is 1.82. The van der Waals surface area contributed by atoms with E-state index in [2.05, 4.69) is 18.7 Å². The van der Waals surface area contributed by atoms with Gasteiger partial charge in [0.25, 0.3) is 0 Å². The molecule has 1 spiro atoms. The minimum absolute atomic E-state index is 0.243. The van der Waals surface area contributed by atoms with E-state index in [0.29, 0.717) is 23.0 Å². The van der Waals surface area contributed by atoms with Crippen LogP contribution in [0.4, 0.5) is 0 Å². The highest BCUT2D eigenvalue weighted by Crippen LogP contribution is 2.69. The molecular formula is C12H14O. The topological polar surface area (TPSA) is 17.1 Å². The molecule has 3 unspecified atom stereocenters. The Balaban J connectivity index is 2.01. The molecule has 1 heteroatoms. The van der Waals surface area contributed by atoms with Gasteiger partial charge in [0.2, 0.25) is 0 Å². The molecule has 1 nitrogen and oxygen atoms in total. The van der Waals surface area contributed by atoms with Crippen LogP contribution in [0, 0.1) is 22.7 Å². The minimum atomic E-state index is -0.243. The fourth-order valence-electron chi connectivity index (χ4n) is 3.10. The summed E-state index contributed by atoms with van der Waals surface area (Å²) in [5.41, 5.74) is 0.0670. The van der Waals surface area contributed by atoms with Crippen molar-refractivity contribution in [2.75, 3.05) is 0 Å². The number of carbonyl (C=O) groups excluding carboxylic acids is 1. The second-order valence-corrected chi connectivity index (χ2v) is 4.95. The molecule has 0 aromatic rings. The molecule has 0 aromatic carbocycles. The normalized spacial score (nSPS) is 48.8. The van der Waals surface area contributed by atoms with Gasteiger partial charge in [0.05, 0.1) is 5.41 Å². The quantitative estimate of drug-likeness (QED) is 0.558. The van der Waals surface area contributed by atoms with Crippen LogP contribution in [0.3, 0.4) is 0 Å². The molecule has 2 fully saturated rings. The van der Waals surface area contributed by atoms with E-state index in [-0.39, 0.29) is 5.41 Å². The highest BCUT2D eigenvalue weighted by molar-refractivity contribution is 5.98. The van der Waals surface area contributed by atoms with Gasteiger partial charge in [0, 0.05) is 11.8 Å². The van der Waals surface area contributed by atoms with E-state index >= 15 is 0 Å². The van der Waals surface area contributed by atoms with E-state index in [1.807, 2.05) is 13.0 Å². The number of hydrogen-bond donors (Lipinski definition) is 0. The zero-order valence-electron chi connectivity index (χ0n) is 7.92. The van der Waals surface area contributed by atoms with Gasteiger partial charge >= 0.3 is 0 Å². The lowest BCUT2D eigenvalue weighted by Crippen LogP contribution is -2.55. The average molecular weight is 174 g/mol. The molecule has 0 bridgehead atoms. The summed E-state index contributed by atoms with van der Waals surface area (Å²) in [6.45, 7) is 5.80. The highest BCUT2D eigenvalue weighted by Gasteiger charge is 2.68.